The van der Waals surface area contributed by atoms with Gasteiger partial charge in [-0.15, -0.1) is 0 Å². The maximum Gasteiger partial charge on any atom is 0.490 e. The number of nitrogens with zero attached hydrogens (tertiary/aromatic N) is 1. The molecule has 1 saturated heterocycles. The van der Waals surface area contributed by atoms with Gasteiger partial charge in [-0.2, -0.15) is 21.3 Å². The number of aliphatic hydroxyl groups is 1. The monoisotopic (exact) mass is 514 g/mol. The van der Waals surface area contributed by atoms with E-state index in [-0.39, 0.29) is 0 Å². The van der Waals surface area contributed by atoms with Gasteiger partial charge in [-0.3, -0.25) is 18.9 Å². The Morgan fingerprint density at radius 2 is 1.80 bits per heavy atom. The molecule has 30 heavy (non-hydrogen) atoms. The molecule has 2 rings (SSSR count). The summed E-state index contributed by atoms with van der Waals surface area (Å²) in [5.41, 5.74) is -1.59. The van der Waals surface area contributed by atoms with Crippen LogP contribution >= 0.6 is 36.1 Å². The molecule has 1 aromatic rings. The first-order chi connectivity index (χ1) is 13.4. The smallest absolute Gasteiger partial charge is 0.389 e. The minimum atomic E-state index is -5.71. The van der Waals surface area contributed by atoms with E-state index in [2.05, 4.69) is 25.8 Å². The molecule has 16 nitrogen and oxygen atoms in total. The average molecular weight is 514 g/mol. The fourth-order valence-corrected chi connectivity index (χ4v) is 5.84. The van der Waals surface area contributed by atoms with Crippen LogP contribution in [0.1, 0.15) is 13.2 Å². The van der Waals surface area contributed by atoms with E-state index in [1.807, 2.05) is 4.98 Å². The average Bonchev–Trinajstić information content (AvgIpc) is 2.73. The lowest BCUT2D eigenvalue weighted by Crippen LogP contribution is -2.43. The fraction of sp³-hybridized carbons (Fsp3) is 0.600. The summed E-state index contributed by atoms with van der Waals surface area (Å²) in [4.78, 5) is 60.6. The Hall–Kier alpha value is -0.640. The highest BCUT2D eigenvalue weighted by Crippen LogP contribution is 2.66. The van der Waals surface area contributed by atoms with Crippen molar-refractivity contribution in [2.24, 2.45) is 0 Å². The van der Waals surface area contributed by atoms with E-state index < -0.39 is 64.5 Å². The molecule has 172 valence electrons. The molecule has 6 atom stereocenters. The van der Waals surface area contributed by atoms with E-state index in [0.29, 0.717) is 0 Å². The first-order valence-corrected chi connectivity index (χ1v) is 12.6. The first kappa shape index (κ1) is 25.6. The Kier molecular flexibility index (Phi) is 7.44. The molecule has 1 aliphatic rings. The van der Waals surface area contributed by atoms with Gasteiger partial charge in [0.05, 0.1) is 11.4 Å². The van der Waals surface area contributed by atoms with Gasteiger partial charge < -0.3 is 29.4 Å². The molecule has 0 saturated carbocycles. The highest BCUT2D eigenvalue weighted by Gasteiger charge is 2.53. The van der Waals surface area contributed by atoms with E-state index in [9.17, 15) is 33.3 Å². The van der Waals surface area contributed by atoms with Crippen LogP contribution in [0.15, 0.2) is 21.9 Å². The summed E-state index contributed by atoms with van der Waals surface area (Å²) in [5.74, 6) is 0. The molecule has 20 heteroatoms. The standard InChI is InChI=1S/C10H17N2O14P3S/c1-10(30)7(14)5(24-8(10)12-3-2-6(13)11-9(12)15)4-23-28(19,20)26-29(21,22)25-27(16,17)18/h2-3,5,7-8,14,30H,4H2,1H3,(H,19,20)(H,21,22)(H,11,13,15)(H2,16,17,18)/t5-,7-,8-,10-/m1/s1. The molecule has 2 heterocycles. The number of H-pyrrole nitrogens is 1. The number of aliphatic hydroxyl groups excluding tert-OH is 1. The minimum Gasteiger partial charge on any atom is -0.389 e. The van der Waals surface area contributed by atoms with Gasteiger partial charge in [0.25, 0.3) is 5.56 Å². The molecule has 0 bridgehead atoms. The summed E-state index contributed by atoms with van der Waals surface area (Å²) < 4.78 is 50.0. The van der Waals surface area contributed by atoms with Gasteiger partial charge >= 0.3 is 29.2 Å². The summed E-state index contributed by atoms with van der Waals surface area (Å²) in [7, 11) is -16.7. The Bertz CT molecular complexity index is 1050. The van der Waals surface area contributed by atoms with E-state index in [0.717, 1.165) is 16.8 Å². The lowest BCUT2D eigenvalue weighted by Gasteiger charge is -2.27. The zero-order valence-electron chi connectivity index (χ0n) is 14.7. The van der Waals surface area contributed by atoms with Gasteiger partial charge in [-0.25, -0.2) is 18.5 Å². The molecular weight excluding hydrogens is 497 g/mol. The number of phosphoric acid groups is 3. The largest absolute Gasteiger partial charge is 0.490 e. The molecule has 0 amide bonds. The lowest BCUT2D eigenvalue weighted by molar-refractivity contribution is -0.0459. The van der Waals surface area contributed by atoms with Crippen LogP contribution in [0.5, 0.6) is 0 Å². The molecule has 2 unspecified atom stereocenters. The van der Waals surface area contributed by atoms with Gasteiger partial charge in [0.2, 0.25) is 0 Å². The van der Waals surface area contributed by atoms with E-state index in [1.54, 1.807) is 0 Å². The second-order valence-electron chi connectivity index (χ2n) is 6.10. The number of aromatic amines is 1. The Balaban J connectivity index is 2.13. The summed E-state index contributed by atoms with van der Waals surface area (Å²) in [6.07, 6.45) is -3.18. The van der Waals surface area contributed by atoms with Crippen LogP contribution in [-0.2, 0) is 31.6 Å². The second kappa shape index (κ2) is 8.71. The van der Waals surface area contributed by atoms with Gasteiger partial charge in [-0.05, 0) is 6.92 Å². The Morgan fingerprint density at radius 1 is 1.20 bits per heavy atom. The van der Waals surface area contributed by atoms with E-state index in [4.69, 9.17) is 19.4 Å². The van der Waals surface area contributed by atoms with Crippen molar-refractivity contribution in [3.63, 3.8) is 0 Å². The van der Waals surface area contributed by atoms with Crippen LogP contribution in [0, 0.1) is 0 Å². The molecule has 0 aromatic carbocycles. The summed E-state index contributed by atoms with van der Waals surface area (Å²) in [6.45, 7) is 0.406. The van der Waals surface area contributed by atoms with E-state index >= 15 is 0 Å². The third-order valence-corrected chi connectivity index (χ3v) is 7.96. The number of hydrogen-bond acceptors (Lipinski definition) is 11. The zero-order valence-corrected chi connectivity index (χ0v) is 18.3. The van der Waals surface area contributed by atoms with Crippen molar-refractivity contribution in [1.82, 2.24) is 9.55 Å². The number of phosphoric ester groups is 1. The number of thiol groups is 1. The topological polar surface area (TPSA) is 244 Å². The molecule has 1 fully saturated rings. The van der Waals surface area contributed by atoms with Crippen molar-refractivity contribution in [3.8, 4) is 0 Å². The van der Waals surface area contributed by atoms with Crippen molar-refractivity contribution in [2.75, 3.05) is 6.61 Å². The SMILES string of the molecule is C[C@@]1(S)[C@H](O)[C@@H](COP(=O)(O)OP(=O)(O)OP(=O)(O)O)O[C@H]1n1ccc(=O)[nH]c1=O. The molecule has 1 aliphatic heterocycles. The zero-order chi connectivity index (χ0) is 23.1. The van der Waals surface area contributed by atoms with Crippen LogP contribution in [0.25, 0.3) is 0 Å². The van der Waals surface area contributed by atoms with Gasteiger partial charge in [0.1, 0.15) is 12.2 Å². The number of rotatable bonds is 8. The molecule has 1 aromatic heterocycles. The van der Waals surface area contributed by atoms with Gasteiger partial charge in [-0.1, -0.05) is 0 Å². The fourth-order valence-electron chi connectivity index (χ4n) is 2.46. The highest BCUT2D eigenvalue weighted by molar-refractivity contribution is 7.81. The van der Waals surface area contributed by atoms with Crippen molar-refractivity contribution < 1.29 is 56.3 Å². The number of aromatic nitrogens is 2. The second-order valence-corrected chi connectivity index (χ2v) is 11.5. The van der Waals surface area contributed by atoms with Crippen LogP contribution < -0.4 is 11.2 Å². The molecule has 0 radical (unpaired) electrons. The van der Waals surface area contributed by atoms with Crippen LogP contribution in [0.2, 0.25) is 0 Å². The van der Waals surface area contributed by atoms with Crippen LogP contribution in [0.3, 0.4) is 0 Å². The summed E-state index contributed by atoms with van der Waals surface area (Å²) >= 11 is 4.23. The molecular formula is C10H17N2O14P3S. The Labute approximate surface area is 172 Å². The van der Waals surface area contributed by atoms with Gasteiger partial charge in [0.15, 0.2) is 6.23 Å². The highest BCUT2D eigenvalue weighted by atomic mass is 32.1. The quantitative estimate of drug-likeness (QED) is 0.160. The first-order valence-electron chi connectivity index (χ1n) is 7.59. The maximum absolute atomic E-state index is 12.0. The Morgan fingerprint density at radius 3 is 2.33 bits per heavy atom. The maximum atomic E-state index is 12.0. The predicted molar refractivity (Wildman–Crippen MR) is 98.4 cm³/mol. The summed E-state index contributed by atoms with van der Waals surface area (Å²) in [5, 5.41) is 10.4. The predicted octanol–water partition coefficient (Wildman–Crippen LogP) is -1.17. The minimum absolute atomic E-state index is 0.695. The number of ether oxygens (including phenoxy) is 1. The van der Waals surface area contributed by atoms with Crippen LogP contribution in [0.4, 0.5) is 0 Å². The van der Waals surface area contributed by atoms with Gasteiger partial charge in [0, 0.05) is 12.3 Å². The van der Waals surface area contributed by atoms with Crippen molar-refractivity contribution >= 4 is 36.1 Å². The molecule has 6 N–H and O–H groups in total. The normalized spacial score (nSPS) is 31.2. The molecule has 0 aliphatic carbocycles. The molecule has 0 spiro atoms. The van der Waals surface area contributed by atoms with Crippen molar-refractivity contribution in [1.29, 1.82) is 0 Å². The number of nitrogens with one attached hydrogen (secondary N) is 1. The third-order valence-electron chi connectivity index (χ3n) is 3.68. The number of hydrogen-bond donors (Lipinski definition) is 7. The van der Waals surface area contributed by atoms with Crippen LogP contribution in [-0.4, -0.2) is 57.8 Å². The van der Waals surface area contributed by atoms with E-state index in [1.165, 1.54) is 6.92 Å². The summed E-state index contributed by atoms with van der Waals surface area (Å²) in [6, 6.07) is 1.00. The van der Waals surface area contributed by atoms with Crippen molar-refractivity contribution in [3.05, 3.63) is 33.1 Å². The third kappa shape index (κ3) is 6.43. The van der Waals surface area contributed by atoms with Crippen molar-refractivity contribution in [2.45, 2.75) is 30.1 Å². The lowest BCUT2D eigenvalue weighted by atomic mass is 10.0.